The molecule has 0 unspecified atom stereocenters. The van der Waals surface area contributed by atoms with Gasteiger partial charge < -0.3 is 9.57 Å². The second-order valence-corrected chi connectivity index (χ2v) is 7.93. The van der Waals surface area contributed by atoms with Crippen molar-refractivity contribution in [3.8, 4) is 0 Å². The molecule has 6 nitrogen and oxygen atoms in total. The largest absolute Gasteiger partial charge is 0.395 e. The standard InChI is InChI=1S/C22H20N2O4/c25-21-18-16(12-27-23-18)11-22-17(13-26-20(22)15-9-5-2-6-10-15)19(28-24(21)22)14-7-3-1-4-8-14/h1-10,16-17,19-20H,11-13H2/t16-,17+,19-,20-,22+/m1/s1. The van der Waals surface area contributed by atoms with Crippen molar-refractivity contribution in [1.29, 1.82) is 0 Å². The van der Waals surface area contributed by atoms with E-state index in [1.165, 1.54) is 0 Å². The lowest BCUT2D eigenvalue weighted by molar-refractivity contribution is -0.215. The molecule has 1 spiro atoms. The monoisotopic (exact) mass is 376 g/mol. The van der Waals surface area contributed by atoms with Gasteiger partial charge in [-0.25, -0.2) is 5.06 Å². The Bertz CT molecular complexity index is 948. The predicted molar refractivity (Wildman–Crippen MR) is 100.0 cm³/mol. The van der Waals surface area contributed by atoms with E-state index in [-0.39, 0.29) is 30.0 Å². The molecule has 1 amide bonds. The molecule has 0 radical (unpaired) electrons. The minimum Gasteiger partial charge on any atom is -0.395 e. The van der Waals surface area contributed by atoms with Crippen molar-refractivity contribution in [3.05, 3.63) is 71.8 Å². The highest BCUT2D eigenvalue weighted by Gasteiger charge is 2.69. The van der Waals surface area contributed by atoms with Gasteiger partial charge in [0.05, 0.1) is 6.61 Å². The number of oxime groups is 1. The number of rotatable bonds is 2. The van der Waals surface area contributed by atoms with Crippen molar-refractivity contribution in [2.24, 2.45) is 17.0 Å². The van der Waals surface area contributed by atoms with Gasteiger partial charge in [-0.1, -0.05) is 65.8 Å². The van der Waals surface area contributed by atoms with Crippen LogP contribution < -0.4 is 0 Å². The van der Waals surface area contributed by atoms with Crippen LogP contribution in [-0.2, 0) is 19.2 Å². The second-order valence-electron chi connectivity index (χ2n) is 7.93. The van der Waals surface area contributed by atoms with Crippen molar-refractivity contribution >= 4 is 11.6 Å². The Labute approximate surface area is 162 Å². The lowest BCUT2D eigenvalue weighted by atomic mass is 9.68. The molecule has 3 fully saturated rings. The number of hydrogen-bond acceptors (Lipinski definition) is 5. The van der Waals surface area contributed by atoms with Crippen LogP contribution in [0.15, 0.2) is 65.8 Å². The van der Waals surface area contributed by atoms with E-state index >= 15 is 0 Å². The normalized spacial score (nSPS) is 35.8. The van der Waals surface area contributed by atoms with E-state index in [9.17, 15) is 4.79 Å². The molecule has 0 aliphatic carbocycles. The summed E-state index contributed by atoms with van der Waals surface area (Å²) >= 11 is 0. The summed E-state index contributed by atoms with van der Waals surface area (Å²) in [6.45, 7) is 0.990. The van der Waals surface area contributed by atoms with Crippen LogP contribution in [0, 0.1) is 11.8 Å². The van der Waals surface area contributed by atoms with E-state index in [1.54, 1.807) is 5.06 Å². The van der Waals surface area contributed by atoms with Crippen LogP contribution in [0.5, 0.6) is 0 Å². The van der Waals surface area contributed by atoms with Gasteiger partial charge >= 0.3 is 0 Å². The van der Waals surface area contributed by atoms with E-state index in [0.29, 0.717) is 18.9 Å². The number of carbonyl (C=O) groups excluding carboxylic acids is 1. The molecular weight excluding hydrogens is 356 g/mol. The van der Waals surface area contributed by atoms with E-state index < -0.39 is 5.54 Å². The van der Waals surface area contributed by atoms with Gasteiger partial charge in [-0.15, -0.1) is 0 Å². The quantitative estimate of drug-likeness (QED) is 0.808. The molecule has 0 aromatic heterocycles. The van der Waals surface area contributed by atoms with Crippen LogP contribution in [0.2, 0.25) is 0 Å². The van der Waals surface area contributed by atoms with Crippen LogP contribution in [0.25, 0.3) is 0 Å². The third kappa shape index (κ3) is 2.04. The third-order valence-corrected chi connectivity index (χ3v) is 6.53. The molecule has 3 saturated heterocycles. The first-order valence-corrected chi connectivity index (χ1v) is 9.72. The number of benzene rings is 2. The summed E-state index contributed by atoms with van der Waals surface area (Å²) in [5.41, 5.74) is 2.04. The summed E-state index contributed by atoms with van der Waals surface area (Å²) < 4.78 is 6.36. The molecule has 28 heavy (non-hydrogen) atoms. The van der Waals surface area contributed by atoms with Crippen molar-refractivity contribution in [2.75, 3.05) is 13.2 Å². The summed E-state index contributed by atoms with van der Waals surface area (Å²) in [4.78, 5) is 24.9. The first-order chi connectivity index (χ1) is 13.8. The van der Waals surface area contributed by atoms with E-state index in [0.717, 1.165) is 17.5 Å². The molecule has 6 rings (SSSR count). The number of piperidine rings is 1. The first kappa shape index (κ1) is 16.3. The average molecular weight is 376 g/mol. The van der Waals surface area contributed by atoms with Crippen molar-refractivity contribution < 1.29 is 19.2 Å². The number of hydroxylamine groups is 2. The Hall–Kier alpha value is -2.70. The molecule has 4 aliphatic rings. The molecule has 5 atom stereocenters. The number of amides is 1. The topological polar surface area (TPSA) is 60.4 Å². The van der Waals surface area contributed by atoms with Crippen LogP contribution in [0.3, 0.4) is 0 Å². The maximum absolute atomic E-state index is 13.3. The number of fused-ring (bicyclic) bond motifs is 1. The van der Waals surface area contributed by atoms with Crippen LogP contribution in [0.1, 0.15) is 29.8 Å². The van der Waals surface area contributed by atoms with Crippen LogP contribution in [-0.4, -0.2) is 35.4 Å². The van der Waals surface area contributed by atoms with Gasteiger partial charge in [0.1, 0.15) is 24.4 Å². The molecule has 0 saturated carbocycles. The van der Waals surface area contributed by atoms with Crippen molar-refractivity contribution in [1.82, 2.24) is 5.06 Å². The predicted octanol–water partition coefficient (Wildman–Crippen LogP) is 3.03. The Morgan fingerprint density at radius 2 is 1.68 bits per heavy atom. The Balaban J connectivity index is 1.50. The maximum atomic E-state index is 13.3. The van der Waals surface area contributed by atoms with Crippen LogP contribution >= 0.6 is 0 Å². The summed E-state index contributed by atoms with van der Waals surface area (Å²) in [6, 6.07) is 20.2. The fourth-order valence-electron chi connectivity index (χ4n) is 5.32. The zero-order chi connectivity index (χ0) is 18.7. The molecule has 0 N–H and O–H groups in total. The lowest BCUT2D eigenvalue weighted by Gasteiger charge is -2.44. The molecule has 2 aromatic rings. The number of ether oxygens (including phenoxy) is 1. The molecule has 2 aromatic carbocycles. The molecular formula is C22H20N2O4. The highest BCUT2D eigenvalue weighted by molar-refractivity contribution is 6.40. The third-order valence-electron chi connectivity index (χ3n) is 6.53. The van der Waals surface area contributed by atoms with Gasteiger partial charge in [-0.05, 0) is 17.5 Å². The van der Waals surface area contributed by atoms with E-state index in [2.05, 4.69) is 29.4 Å². The Kier molecular flexibility index (Phi) is 3.43. The summed E-state index contributed by atoms with van der Waals surface area (Å²) in [7, 11) is 0. The maximum Gasteiger partial charge on any atom is 0.296 e. The van der Waals surface area contributed by atoms with Gasteiger partial charge in [0.2, 0.25) is 0 Å². The van der Waals surface area contributed by atoms with Gasteiger partial charge in [0.15, 0.2) is 5.71 Å². The summed E-state index contributed by atoms with van der Waals surface area (Å²) in [5.74, 6) is -0.160. The zero-order valence-electron chi connectivity index (χ0n) is 15.2. The smallest absolute Gasteiger partial charge is 0.296 e. The molecule has 0 bridgehead atoms. The van der Waals surface area contributed by atoms with Crippen LogP contribution in [0.4, 0.5) is 0 Å². The van der Waals surface area contributed by atoms with E-state index in [1.807, 2.05) is 36.4 Å². The summed E-state index contributed by atoms with van der Waals surface area (Å²) in [6.07, 6.45) is 0.267. The van der Waals surface area contributed by atoms with Gasteiger partial charge in [-0.2, -0.15) is 0 Å². The molecule has 6 heteroatoms. The Morgan fingerprint density at radius 3 is 2.43 bits per heavy atom. The SMILES string of the molecule is O=C1C2=NOC[C@H]2C[C@@]23[C@@H](c4ccccc4)OC[C@H]2[C@@H](c2ccccc2)ON13. The molecule has 4 heterocycles. The lowest BCUT2D eigenvalue weighted by Crippen LogP contribution is -2.60. The average Bonchev–Trinajstić information content (AvgIpc) is 3.42. The minimum atomic E-state index is -0.559. The van der Waals surface area contributed by atoms with Crippen molar-refractivity contribution in [2.45, 2.75) is 24.2 Å². The highest BCUT2D eigenvalue weighted by Crippen LogP contribution is 2.61. The van der Waals surface area contributed by atoms with Gasteiger partial charge in [-0.3, -0.25) is 9.63 Å². The number of hydrogen-bond donors (Lipinski definition) is 0. The summed E-state index contributed by atoms with van der Waals surface area (Å²) in [5, 5.41) is 5.58. The van der Waals surface area contributed by atoms with Gasteiger partial charge in [0.25, 0.3) is 5.91 Å². The highest BCUT2D eigenvalue weighted by atomic mass is 16.7. The fraction of sp³-hybridized carbons (Fsp3) is 0.364. The number of carbonyl (C=O) groups is 1. The van der Waals surface area contributed by atoms with Crippen molar-refractivity contribution in [3.63, 3.8) is 0 Å². The minimum absolute atomic E-state index is 0.0164. The number of nitrogens with zero attached hydrogens (tertiary/aromatic N) is 2. The zero-order valence-corrected chi connectivity index (χ0v) is 15.2. The van der Waals surface area contributed by atoms with Gasteiger partial charge in [0, 0.05) is 11.8 Å². The fourth-order valence-corrected chi connectivity index (χ4v) is 5.32. The molecule has 142 valence electrons. The van der Waals surface area contributed by atoms with E-state index in [4.69, 9.17) is 14.4 Å². The second kappa shape index (κ2) is 5.90. The first-order valence-electron chi connectivity index (χ1n) is 9.72. The Morgan fingerprint density at radius 1 is 0.964 bits per heavy atom. The molecule has 4 aliphatic heterocycles.